The minimum Gasteiger partial charge on any atom is -0.393 e. The van der Waals surface area contributed by atoms with Gasteiger partial charge in [0.25, 0.3) is 0 Å². The number of carbonyl (C=O) groups is 2. The van der Waals surface area contributed by atoms with Crippen molar-refractivity contribution >= 4 is 11.6 Å². The number of aliphatic hydroxyl groups excluding tert-OH is 3. The molecule has 4 fully saturated rings. The van der Waals surface area contributed by atoms with Crippen LogP contribution in [-0.2, 0) is 32.1 Å². The number of ether oxygens (including phenoxy) is 2. The Morgan fingerprint density at radius 3 is 2.30 bits per heavy atom. The number of hydrogen-bond donors (Lipinski definition) is 3. The van der Waals surface area contributed by atoms with E-state index in [1.165, 1.54) is 0 Å². The van der Waals surface area contributed by atoms with Gasteiger partial charge in [0.2, 0.25) is 0 Å². The van der Waals surface area contributed by atoms with Gasteiger partial charge in [0.05, 0.1) is 18.8 Å². The Labute approximate surface area is 258 Å². The molecule has 232 valence electrons. The van der Waals surface area contributed by atoms with Gasteiger partial charge in [-0.05, 0) is 72.3 Å². The molecule has 10 atom stereocenters. The minimum atomic E-state index is -1.37. The number of rotatable bonds is 6. The highest BCUT2D eigenvalue weighted by Crippen LogP contribution is 2.71. The zero-order valence-corrected chi connectivity index (χ0v) is 25.6. The fourth-order valence-corrected chi connectivity index (χ4v) is 10.0. The highest BCUT2D eigenvalue weighted by Gasteiger charge is 2.76. The SMILES string of the molecule is C[C@H]1C[C@@H]2[C@H]([C@@H](O)C[C@@]3(C)[C@H]2C[C@H]2O[C@@H](c4ccc(Cc5ccc(CO)cc5)cc4)O[C@]23C(=O)CO)[C@@]2(C)C=CC(=O)C=C12. The van der Waals surface area contributed by atoms with Crippen LogP contribution in [0.1, 0.15) is 68.6 Å². The van der Waals surface area contributed by atoms with E-state index in [0.29, 0.717) is 12.8 Å². The lowest BCUT2D eigenvalue weighted by atomic mass is 9.44. The summed E-state index contributed by atoms with van der Waals surface area (Å²) in [4.78, 5) is 26.1. The maximum atomic E-state index is 13.8. The quantitative estimate of drug-likeness (QED) is 0.445. The summed E-state index contributed by atoms with van der Waals surface area (Å²) in [5.74, 6) is -0.167. The smallest absolute Gasteiger partial charge is 0.193 e. The molecular weight excluding hydrogens is 556 g/mol. The lowest BCUT2D eigenvalue weighted by molar-refractivity contribution is -0.202. The van der Waals surface area contributed by atoms with Crippen molar-refractivity contribution in [2.24, 2.45) is 34.5 Å². The maximum absolute atomic E-state index is 13.8. The molecule has 0 bridgehead atoms. The molecule has 5 aliphatic rings. The zero-order chi connectivity index (χ0) is 31.0. The molecule has 0 spiro atoms. The van der Waals surface area contributed by atoms with Gasteiger partial charge in [0, 0.05) is 22.3 Å². The van der Waals surface area contributed by atoms with Crippen LogP contribution in [0.25, 0.3) is 0 Å². The third-order valence-electron chi connectivity index (χ3n) is 12.0. The van der Waals surface area contributed by atoms with E-state index in [0.717, 1.165) is 40.7 Å². The van der Waals surface area contributed by atoms with E-state index in [1.54, 1.807) is 12.2 Å². The van der Waals surface area contributed by atoms with Gasteiger partial charge in [-0.3, -0.25) is 9.59 Å². The van der Waals surface area contributed by atoms with Gasteiger partial charge in [-0.1, -0.05) is 81.0 Å². The average Bonchev–Trinajstić information content (AvgIpc) is 3.51. The van der Waals surface area contributed by atoms with E-state index < -0.39 is 41.5 Å². The molecule has 7 heteroatoms. The molecule has 0 radical (unpaired) electrons. The first-order chi connectivity index (χ1) is 21.0. The number of fused-ring (bicyclic) bond motifs is 7. The molecular formula is C37H42O7. The van der Waals surface area contributed by atoms with E-state index in [1.807, 2.05) is 54.6 Å². The van der Waals surface area contributed by atoms with Crippen molar-refractivity contribution in [1.82, 2.24) is 0 Å². The van der Waals surface area contributed by atoms with Crippen LogP contribution in [0, 0.1) is 34.5 Å². The molecule has 0 aromatic heterocycles. The first-order valence-electron chi connectivity index (χ1n) is 15.9. The number of hydrogen-bond acceptors (Lipinski definition) is 7. The molecule has 3 saturated carbocycles. The Bertz CT molecular complexity index is 1530. The predicted molar refractivity (Wildman–Crippen MR) is 163 cm³/mol. The highest BCUT2D eigenvalue weighted by molar-refractivity contribution is 6.01. The second-order valence-corrected chi connectivity index (χ2v) is 14.3. The van der Waals surface area contributed by atoms with Crippen LogP contribution in [0.2, 0.25) is 0 Å². The number of aliphatic hydroxyl groups is 3. The predicted octanol–water partition coefficient (Wildman–Crippen LogP) is 4.62. The lowest BCUT2D eigenvalue weighted by Gasteiger charge is -2.61. The van der Waals surface area contributed by atoms with E-state index in [4.69, 9.17) is 9.47 Å². The summed E-state index contributed by atoms with van der Waals surface area (Å²) < 4.78 is 13.3. The van der Waals surface area contributed by atoms with Crippen LogP contribution in [0.5, 0.6) is 0 Å². The summed E-state index contributed by atoms with van der Waals surface area (Å²) in [5, 5.41) is 31.5. The van der Waals surface area contributed by atoms with Crippen LogP contribution in [-0.4, -0.2) is 51.3 Å². The molecule has 44 heavy (non-hydrogen) atoms. The van der Waals surface area contributed by atoms with Gasteiger partial charge in [0.1, 0.15) is 6.61 Å². The molecule has 2 aromatic rings. The number of benzene rings is 2. The van der Waals surface area contributed by atoms with Crippen molar-refractivity contribution in [2.45, 2.75) is 77.2 Å². The summed E-state index contributed by atoms with van der Waals surface area (Å²) >= 11 is 0. The molecule has 1 heterocycles. The molecule has 4 aliphatic carbocycles. The Morgan fingerprint density at radius 2 is 1.64 bits per heavy atom. The van der Waals surface area contributed by atoms with Crippen molar-refractivity contribution in [3.8, 4) is 0 Å². The Kier molecular flexibility index (Phi) is 7.14. The normalized spacial score (nSPS) is 40.5. The number of ketones is 2. The van der Waals surface area contributed by atoms with Gasteiger partial charge >= 0.3 is 0 Å². The van der Waals surface area contributed by atoms with Crippen molar-refractivity contribution in [3.05, 3.63) is 94.6 Å². The van der Waals surface area contributed by atoms with Crippen molar-refractivity contribution < 1.29 is 34.4 Å². The van der Waals surface area contributed by atoms with Gasteiger partial charge in [-0.2, -0.15) is 0 Å². The minimum absolute atomic E-state index is 0.00150. The fraction of sp³-hybridized carbons (Fsp3) is 0.514. The molecule has 0 amide bonds. The summed E-state index contributed by atoms with van der Waals surface area (Å²) in [6.07, 6.45) is 5.89. The standard InChI is InChI=1S/C37H42O7/c1-21-14-27-29-17-32-37(31(42)20-39,36(29,3)18-30(41)33(27)35(2)13-12-26(40)16-28(21)35)44-34(43-32)25-10-8-23(9-11-25)15-22-4-6-24(19-38)7-5-22/h4-13,16,21,27,29-30,32-34,38-39,41H,14-15,17-20H2,1-3H3/t21-,27-,29-,30-,32+,33+,34+,35-,36-,37+/m0/s1. The molecule has 1 aliphatic heterocycles. The molecule has 7 rings (SSSR count). The Balaban J connectivity index is 1.17. The summed E-state index contributed by atoms with van der Waals surface area (Å²) in [7, 11) is 0. The maximum Gasteiger partial charge on any atom is 0.193 e. The van der Waals surface area contributed by atoms with Crippen molar-refractivity contribution in [2.75, 3.05) is 6.61 Å². The summed E-state index contributed by atoms with van der Waals surface area (Å²) in [6, 6.07) is 15.9. The van der Waals surface area contributed by atoms with E-state index in [-0.39, 0.29) is 41.8 Å². The molecule has 1 saturated heterocycles. The Hall–Kier alpha value is -2.94. The largest absolute Gasteiger partial charge is 0.393 e. The summed E-state index contributed by atoms with van der Waals surface area (Å²) in [6.45, 7) is 5.72. The average molecular weight is 599 g/mol. The first kappa shape index (κ1) is 29.8. The molecule has 2 aromatic carbocycles. The monoisotopic (exact) mass is 598 g/mol. The van der Waals surface area contributed by atoms with Crippen LogP contribution >= 0.6 is 0 Å². The van der Waals surface area contributed by atoms with Crippen molar-refractivity contribution in [1.29, 1.82) is 0 Å². The van der Waals surface area contributed by atoms with Crippen LogP contribution in [0.15, 0.2) is 72.3 Å². The van der Waals surface area contributed by atoms with Crippen LogP contribution < -0.4 is 0 Å². The van der Waals surface area contributed by atoms with Crippen LogP contribution in [0.3, 0.4) is 0 Å². The number of allylic oxidation sites excluding steroid dienone is 4. The van der Waals surface area contributed by atoms with Gasteiger partial charge in [0.15, 0.2) is 23.5 Å². The number of carbonyl (C=O) groups excluding carboxylic acids is 2. The van der Waals surface area contributed by atoms with Crippen LogP contribution in [0.4, 0.5) is 0 Å². The van der Waals surface area contributed by atoms with E-state index in [2.05, 4.69) is 20.8 Å². The highest BCUT2D eigenvalue weighted by atomic mass is 16.7. The van der Waals surface area contributed by atoms with E-state index >= 15 is 0 Å². The zero-order valence-electron chi connectivity index (χ0n) is 25.6. The lowest BCUT2D eigenvalue weighted by Crippen LogP contribution is -2.64. The van der Waals surface area contributed by atoms with Gasteiger partial charge in [-0.25, -0.2) is 0 Å². The fourth-order valence-electron chi connectivity index (χ4n) is 10.0. The summed E-state index contributed by atoms with van der Waals surface area (Å²) in [5.41, 5.74) is 2.50. The number of Topliss-reactive ketones (excluding diaryl/α,β-unsaturated/α-hetero) is 1. The first-order valence-corrected chi connectivity index (χ1v) is 15.9. The van der Waals surface area contributed by atoms with Gasteiger partial charge in [-0.15, -0.1) is 0 Å². The molecule has 3 N–H and O–H groups in total. The van der Waals surface area contributed by atoms with Gasteiger partial charge < -0.3 is 24.8 Å². The third kappa shape index (κ3) is 4.20. The second kappa shape index (κ2) is 10.6. The van der Waals surface area contributed by atoms with E-state index in [9.17, 15) is 24.9 Å². The second-order valence-electron chi connectivity index (χ2n) is 14.3. The molecule has 0 unspecified atom stereocenters. The topological polar surface area (TPSA) is 113 Å². The third-order valence-corrected chi connectivity index (χ3v) is 12.0. The van der Waals surface area contributed by atoms with Crippen molar-refractivity contribution in [3.63, 3.8) is 0 Å². The molecule has 7 nitrogen and oxygen atoms in total. The Morgan fingerprint density at radius 1 is 0.977 bits per heavy atom.